The first-order chi connectivity index (χ1) is 8.99. The van der Waals surface area contributed by atoms with Crippen molar-refractivity contribution in [3.63, 3.8) is 0 Å². The van der Waals surface area contributed by atoms with E-state index in [-0.39, 0.29) is 10.5 Å². The van der Waals surface area contributed by atoms with E-state index in [1.165, 1.54) is 24.3 Å². The van der Waals surface area contributed by atoms with Crippen molar-refractivity contribution < 1.29 is 13.2 Å². The van der Waals surface area contributed by atoms with Crippen molar-refractivity contribution in [2.45, 2.75) is 4.90 Å². The Morgan fingerprint density at radius 3 is 2.05 bits per heavy atom. The number of nitrogens with one attached hydrogen (secondary N) is 1. The van der Waals surface area contributed by atoms with Gasteiger partial charge < -0.3 is 0 Å². The molecule has 19 heavy (non-hydrogen) atoms. The Morgan fingerprint density at radius 1 is 0.947 bits per heavy atom. The molecule has 0 bridgehead atoms. The van der Waals surface area contributed by atoms with Gasteiger partial charge >= 0.3 is 0 Å². The Kier molecular flexibility index (Phi) is 3.87. The van der Waals surface area contributed by atoms with E-state index < -0.39 is 15.3 Å². The number of rotatable bonds is 4. The third-order valence-corrected chi connectivity index (χ3v) is 4.03. The molecule has 6 heteroatoms. The van der Waals surface area contributed by atoms with Crippen LogP contribution in [0, 0.1) is 0 Å². The number of para-hydroxylation sites is 1. The molecule has 0 heterocycles. The summed E-state index contributed by atoms with van der Waals surface area (Å²) >= 11 is 5.30. The van der Waals surface area contributed by atoms with E-state index in [2.05, 4.69) is 4.72 Å². The van der Waals surface area contributed by atoms with Crippen LogP contribution in [0.2, 0.25) is 0 Å². The molecule has 0 amide bonds. The highest BCUT2D eigenvalue weighted by molar-refractivity contribution is 7.92. The van der Waals surface area contributed by atoms with Crippen molar-refractivity contribution in [1.82, 2.24) is 0 Å². The van der Waals surface area contributed by atoms with E-state index in [0.29, 0.717) is 5.69 Å². The highest BCUT2D eigenvalue weighted by Crippen LogP contribution is 2.16. The molecule has 2 rings (SSSR count). The Balaban J connectivity index is 2.27. The largest absolute Gasteiger partial charge is 0.280 e. The van der Waals surface area contributed by atoms with Gasteiger partial charge in [-0.3, -0.25) is 9.52 Å². The number of hydrogen-bond acceptors (Lipinski definition) is 3. The lowest BCUT2D eigenvalue weighted by atomic mass is 10.2. The lowest BCUT2D eigenvalue weighted by Crippen LogP contribution is -2.12. The Morgan fingerprint density at radius 2 is 1.53 bits per heavy atom. The summed E-state index contributed by atoms with van der Waals surface area (Å²) in [5.41, 5.74) is 0.723. The molecule has 1 N–H and O–H groups in total. The number of halogens is 1. The summed E-state index contributed by atoms with van der Waals surface area (Å²) in [5.74, 6) is 0. The van der Waals surface area contributed by atoms with Gasteiger partial charge in [-0.25, -0.2) is 8.42 Å². The van der Waals surface area contributed by atoms with Crippen LogP contribution in [0.1, 0.15) is 10.4 Å². The van der Waals surface area contributed by atoms with Crippen molar-refractivity contribution in [1.29, 1.82) is 0 Å². The van der Waals surface area contributed by atoms with Crippen LogP contribution in [-0.2, 0) is 10.0 Å². The van der Waals surface area contributed by atoms with Gasteiger partial charge in [-0.15, -0.1) is 0 Å². The summed E-state index contributed by atoms with van der Waals surface area (Å²) in [7, 11) is -3.66. The van der Waals surface area contributed by atoms with E-state index in [4.69, 9.17) is 11.6 Å². The number of carbonyl (C=O) groups excluding carboxylic acids is 1. The lowest BCUT2D eigenvalue weighted by Gasteiger charge is -2.07. The minimum absolute atomic E-state index is 0.0676. The number of carbonyl (C=O) groups is 1. The topological polar surface area (TPSA) is 63.2 Å². The maximum atomic E-state index is 12.1. The smallest absolute Gasteiger partial charge is 0.261 e. The maximum Gasteiger partial charge on any atom is 0.261 e. The molecule has 0 aromatic heterocycles. The average molecular weight is 296 g/mol. The molecular formula is C13H10ClNO3S. The zero-order valence-electron chi connectivity index (χ0n) is 9.71. The Hall–Kier alpha value is -1.85. The second-order valence-corrected chi connectivity index (χ2v) is 5.80. The van der Waals surface area contributed by atoms with Gasteiger partial charge in [-0.1, -0.05) is 18.2 Å². The van der Waals surface area contributed by atoms with Crippen LogP contribution in [0.3, 0.4) is 0 Å². The van der Waals surface area contributed by atoms with E-state index in [0.717, 1.165) is 0 Å². The van der Waals surface area contributed by atoms with Crippen molar-refractivity contribution in [3.05, 3.63) is 60.2 Å². The summed E-state index contributed by atoms with van der Waals surface area (Å²) in [5, 5.41) is -0.625. The first-order valence-corrected chi connectivity index (χ1v) is 7.23. The quantitative estimate of drug-likeness (QED) is 0.882. The Labute approximate surface area is 116 Å². The first kappa shape index (κ1) is 13.6. The molecule has 0 aliphatic heterocycles. The molecule has 0 unspecified atom stereocenters. The summed E-state index contributed by atoms with van der Waals surface area (Å²) in [6.45, 7) is 0. The SMILES string of the molecule is O=C(Cl)c1ccc(S(=O)(=O)Nc2ccccc2)cc1. The van der Waals surface area contributed by atoms with Crippen LogP contribution >= 0.6 is 11.6 Å². The van der Waals surface area contributed by atoms with E-state index >= 15 is 0 Å². The monoisotopic (exact) mass is 295 g/mol. The predicted octanol–water partition coefficient (Wildman–Crippen LogP) is 2.87. The van der Waals surface area contributed by atoms with Gasteiger partial charge in [-0.05, 0) is 48.0 Å². The summed E-state index contributed by atoms with van der Waals surface area (Å²) in [6.07, 6.45) is 0. The van der Waals surface area contributed by atoms with Gasteiger partial charge in [0.1, 0.15) is 0 Å². The third kappa shape index (κ3) is 3.33. The summed E-state index contributed by atoms with van der Waals surface area (Å²) in [4.78, 5) is 11.0. The van der Waals surface area contributed by atoms with Crippen LogP contribution in [-0.4, -0.2) is 13.7 Å². The van der Waals surface area contributed by atoms with Crippen LogP contribution in [0.4, 0.5) is 5.69 Å². The maximum absolute atomic E-state index is 12.1. The van der Waals surface area contributed by atoms with Gasteiger partial charge in [0.2, 0.25) is 0 Å². The minimum Gasteiger partial charge on any atom is -0.280 e. The van der Waals surface area contributed by atoms with Gasteiger partial charge in [0, 0.05) is 11.3 Å². The van der Waals surface area contributed by atoms with Gasteiger partial charge in [0.05, 0.1) is 4.90 Å². The molecule has 0 saturated heterocycles. The summed E-state index contributed by atoms with van der Waals surface area (Å²) < 4.78 is 26.5. The highest BCUT2D eigenvalue weighted by Gasteiger charge is 2.14. The normalized spacial score (nSPS) is 11.0. The molecule has 98 valence electrons. The zero-order valence-corrected chi connectivity index (χ0v) is 11.3. The fourth-order valence-electron chi connectivity index (χ4n) is 1.49. The van der Waals surface area contributed by atoms with Crippen molar-refractivity contribution in [2.24, 2.45) is 0 Å². The molecule has 0 fully saturated rings. The number of anilines is 1. The second-order valence-electron chi connectivity index (χ2n) is 3.77. The number of sulfonamides is 1. The van der Waals surface area contributed by atoms with E-state index in [9.17, 15) is 13.2 Å². The highest BCUT2D eigenvalue weighted by atomic mass is 35.5. The van der Waals surface area contributed by atoms with Crippen LogP contribution in [0.15, 0.2) is 59.5 Å². The van der Waals surface area contributed by atoms with Crippen LogP contribution in [0.5, 0.6) is 0 Å². The number of benzene rings is 2. The fourth-order valence-corrected chi connectivity index (χ4v) is 2.67. The van der Waals surface area contributed by atoms with Crippen LogP contribution < -0.4 is 4.72 Å². The third-order valence-electron chi connectivity index (χ3n) is 2.42. The van der Waals surface area contributed by atoms with Crippen molar-refractivity contribution in [2.75, 3.05) is 4.72 Å². The summed E-state index contributed by atoms with van der Waals surface area (Å²) in [6, 6.07) is 14.0. The minimum atomic E-state index is -3.66. The molecule has 0 radical (unpaired) electrons. The standard InChI is InChI=1S/C13H10ClNO3S/c14-13(16)10-6-8-12(9-7-10)19(17,18)15-11-4-2-1-3-5-11/h1-9,15H. The second kappa shape index (κ2) is 5.42. The van der Waals surface area contributed by atoms with Gasteiger partial charge in [-0.2, -0.15) is 0 Å². The zero-order chi connectivity index (χ0) is 13.9. The molecule has 0 saturated carbocycles. The lowest BCUT2D eigenvalue weighted by molar-refractivity contribution is 0.108. The van der Waals surface area contributed by atoms with E-state index in [1.54, 1.807) is 30.3 Å². The van der Waals surface area contributed by atoms with Crippen LogP contribution in [0.25, 0.3) is 0 Å². The average Bonchev–Trinajstić information content (AvgIpc) is 2.39. The molecule has 4 nitrogen and oxygen atoms in total. The number of hydrogen-bond donors (Lipinski definition) is 1. The Bertz CT molecular complexity index is 682. The predicted molar refractivity (Wildman–Crippen MR) is 73.9 cm³/mol. The molecule has 0 aliphatic carbocycles. The molecular weight excluding hydrogens is 286 g/mol. The van der Waals surface area contributed by atoms with Gasteiger partial charge in [0.25, 0.3) is 15.3 Å². The molecule has 2 aromatic carbocycles. The fraction of sp³-hybridized carbons (Fsp3) is 0. The van der Waals surface area contributed by atoms with Crippen molar-refractivity contribution in [3.8, 4) is 0 Å². The first-order valence-electron chi connectivity index (χ1n) is 5.37. The van der Waals surface area contributed by atoms with Crippen molar-refractivity contribution >= 4 is 32.6 Å². The molecule has 0 spiro atoms. The van der Waals surface area contributed by atoms with Gasteiger partial charge in [0.15, 0.2) is 0 Å². The molecule has 0 atom stereocenters. The molecule has 0 aliphatic rings. The molecule has 2 aromatic rings. The van der Waals surface area contributed by atoms with E-state index in [1.807, 2.05) is 0 Å².